The third-order valence-corrected chi connectivity index (χ3v) is 0.989. The number of carbonyl (C=O) groups is 1. The molecule has 0 aromatic heterocycles. The van der Waals surface area contributed by atoms with Crippen molar-refractivity contribution < 1.29 is 19.8 Å². The lowest BCUT2D eigenvalue weighted by molar-refractivity contribution is -1.25. The summed E-state index contributed by atoms with van der Waals surface area (Å²) in [5.74, 6) is -3.12. The predicted octanol–water partition coefficient (Wildman–Crippen LogP) is -0.728. The van der Waals surface area contributed by atoms with Crippen LogP contribution in [0, 0.1) is 15.3 Å². The van der Waals surface area contributed by atoms with Crippen molar-refractivity contribution in [2.24, 2.45) is 15.5 Å². The van der Waals surface area contributed by atoms with E-state index in [1.807, 2.05) is 0 Å². The summed E-state index contributed by atoms with van der Waals surface area (Å²) in [6, 6.07) is 0. The van der Waals surface area contributed by atoms with Crippen molar-refractivity contribution in [3.8, 4) is 0 Å². The zero-order valence-electron chi connectivity index (χ0n) is 5.32. The molecule has 1 heterocycles. The van der Waals surface area contributed by atoms with Crippen molar-refractivity contribution >= 4 is 11.8 Å². The SMILES string of the molecule is O=C(O)C1=NN=N[N+]1([O-])[N+](=O)[O-]. The number of aliphatic carboxylic acids is 1. The second-order valence-electron chi connectivity index (χ2n) is 1.69. The van der Waals surface area contributed by atoms with Gasteiger partial charge in [-0.3, -0.25) is 0 Å². The summed E-state index contributed by atoms with van der Waals surface area (Å²) in [4.78, 5) is 17.5. The maximum absolute atomic E-state index is 10.8. The van der Waals surface area contributed by atoms with Crippen LogP contribution in [0.4, 0.5) is 0 Å². The molecule has 0 amide bonds. The number of quaternary nitrogens is 1. The molecule has 10 heteroatoms. The molecule has 0 saturated heterocycles. The molecule has 1 unspecified atom stereocenters. The summed E-state index contributed by atoms with van der Waals surface area (Å²) in [5, 5.41) is 35.4. The van der Waals surface area contributed by atoms with Crippen LogP contribution in [-0.4, -0.2) is 26.8 Å². The quantitative estimate of drug-likeness (QED) is 0.255. The fourth-order valence-electron chi connectivity index (χ4n) is 0.495. The molecule has 0 spiro atoms. The minimum absolute atomic E-state index is 1.29. The molecular weight excluding hydrogens is 174 g/mol. The first-order valence-electron chi connectivity index (χ1n) is 2.47. The van der Waals surface area contributed by atoms with Crippen molar-refractivity contribution in [2.45, 2.75) is 0 Å². The molecule has 1 rings (SSSR count). The van der Waals surface area contributed by atoms with E-state index in [0.29, 0.717) is 0 Å². The number of nitrogens with zero attached hydrogens (tertiary/aromatic N) is 5. The molecule has 64 valence electrons. The summed E-state index contributed by atoms with van der Waals surface area (Å²) >= 11 is 0. The van der Waals surface area contributed by atoms with Crippen molar-refractivity contribution in [2.75, 3.05) is 0 Å². The number of hydrogen-bond donors (Lipinski definition) is 1. The van der Waals surface area contributed by atoms with Crippen LogP contribution in [-0.2, 0) is 4.79 Å². The average Bonchev–Trinajstić information content (AvgIpc) is 2.32. The monoisotopic (exact) mass is 175 g/mol. The standard InChI is InChI=1S/C2HN5O5/c8-2(9)1-3-4-5-7(1,12)6(10)11/h(H,8,9). The first-order chi connectivity index (χ1) is 5.48. The van der Waals surface area contributed by atoms with E-state index in [1.165, 1.54) is 0 Å². The minimum Gasteiger partial charge on any atom is -0.532 e. The van der Waals surface area contributed by atoms with Crippen LogP contribution in [0.3, 0.4) is 0 Å². The molecule has 0 saturated carbocycles. The Kier molecular flexibility index (Phi) is 1.55. The van der Waals surface area contributed by atoms with Crippen LogP contribution in [0.25, 0.3) is 0 Å². The van der Waals surface area contributed by atoms with Gasteiger partial charge in [0.25, 0.3) is 5.03 Å². The minimum atomic E-state index is -2.62. The zero-order chi connectivity index (χ0) is 9.35. The number of carboxylic acids is 1. The second kappa shape index (κ2) is 2.28. The molecule has 0 radical (unpaired) electrons. The van der Waals surface area contributed by atoms with Gasteiger partial charge >= 0.3 is 11.8 Å². The van der Waals surface area contributed by atoms with Gasteiger partial charge in [0.15, 0.2) is 0 Å². The summed E-state index contributed by atoms with van der Waals surface area (Å²) < 4.78 is 0. The van der Waals surface area contributed by atoms with E-state index in [1.54, 1.807) is 0 Å². The largest absolute Gasteiger partial charge is 0.532 e. The predicted molar refractivity (Wildman–Crippen MR) is 30.5 cm³/mol. The van der Waals surface area contributed by atoms with Crippen molar-refractivity contribution in [1.29, 1.82) is 0 Å². The van der Waals surface area contributed by atoms with Gasteiger partial charge in [-0.05, 0) is 0 Å². The van der Waals surface area contributed by atoms with Gasteiger partial charge in [0, 0.05) is 5.22 Å². The molecule has 0 fully saturated rings. The third kappa shape index (κ3) is 0.906. The number of hydrogen-bond acceptors (Lipinski definition) is 7. The van der Waals surface area contributed by atoms with Crippen molar-refractivity contribution in [3.63, 3.8) is 0 Å². The highest BCUT2D eigenvalue weighted by molar-refractivity contribution is 6.31. The zero-order valence-corrected chi connectivity index (χ0v) is 5.32. The Balaban J connectivity index is 3.09. The van der Waals surface area contributed by atoms with E-state index in [-0.39, 0.29) is 0 Å². The molecule has 10 nitrogen and oxygen atoms in total. The summed E-state index contributed by atoms with van der Waals surface area (Å²) in [7, 11) is 0. The van der Waals surface area contributed by atoms with Gasteiger partial charge in [-0.15, -0.1) is 0 Å². The van der Waals surface area contributed by atoms with Crippen LogP contribution >= 0.6 is 0 Å². The molecule has 0 bridgehead atoms. The lowest BCUT2D eigenvalue weighted by Crippen LogP contribution is -2.49. The lowest BCUT2D eigenvalue weighted by Gasteiger charge is -2.13. The third-order valence-electron chi connectivity index (χ3n) is 0.989. The highest BCUT2D eigenvalue weighted by Gasteiger charge is 2.49. The highest BCUT2D eigenvalue weighted by atomic mass is 16.8. The number of hydroxylamine groups is 1. The Morgan fingerprint density at radius 3 is 2.58 bits per heavy atom. The number of nitro groups is 1. The first kappa shape index (κ1) is 8.16. The Bertz CT molecular complexity index is 307. The molecule has 0 aliphatic carbocycles. The van der Waals surface area contributed by atoms with Crippen LogP contribution in [0.1, 0.15) is 0 Å². The molecule has 1 aliphatic rings. The van der Waals surface area contributed by atoms with E-state index < -0.39 is 21.7 Å². The maximum Gasteiger partial charge on any atom is 0.427 e. The molecule has 12 heavy (non-hydrogen) atoms. The fraction of sp³-hybridized carbons (Fsp3) is 0. The molecular formula is C2HN5O5. The van der Waals surface area contributed by atoms with Crippen LogP contribution in [0.5, 0.6) is 0 Å². The topological polar surface area (TPSA) is 141 Å². The lowest BCUT2D eigenvalue weighted by atomic mass is 10.6. The second-order valence-corrected chi connectivity index (χ2v) is 1.69. The van der Waals surface area contributed by atoms with Crippen molar-refractivity contribution in [1.82, 2.24) is 0 Å². The van der Waals surface area contributed by atoms with Crippen LogP contribution in [0.15, 0.2) is 15.5 Å². The van der Waals surface area contributed by atoms with Gasteiger partial charge in [-0.1, -0.05) is 5.10 Å². The van der Waals surface area contributed by atoms with E-state index in [0.717, 1.165) is 0 Å². The van der Waals surface area contributed by atoms with Gasteiger partial charge in [0.2, 0.25) is 0 Å². The normalized spacial score (nSPS) is 26.9. The van der Waals surface area contributed by atoms with E-state index in [2.05, 4.69) is 15.5 Å². The molecule has 0 aromatic rings. The number of amidine groups is 1. The smallest absolute Gasteiger partial charge is 0.427 e. The average molecular weight is 175 g/mol. The number of rotatable bonds is 2. The Morgan fingerprint density at radius 2 is 2.25 bits per heavy atom. The summed E-state index contributed by atoms with van der Waals surface area (Å²) in [6.07, 6.45) is 0. The molecule has 1 atom stereocenters. The Labute approximate surface area is 63.7 Å². The van der Waals surface area contributed by atoms with E-state index in [4.69, 9.17) is 5.11 Å². The fourth-order valence-corrected chi connectivity index (χ4v) is 0.495. The molecule has 0 aromatic carbocycles. The van der Waals surface area contributed by atoms with Crippen LogP contribution in [0.2, 0.25) is 0 Å². The highest BCUT2D eigenvalue weighted by Crippen LogP contribution is 2.15. The van der Waals surface area contributed by atoms with Crippen LogP contribution < -0.4 is 0 Å². The Hall–Kier alpha value is -1.94. The van der Waals surface area contributed by atoms with Gasteiger partial charge in [-0.2, -0.15) is 0 Å². The Morgan fingerprint density at radius 1 is 1.67 bits per heavy atom. The summed E-state index contributed by atoms with van der Waals surface area (Å²) in [6.45, 7) is 0. The van der Waals surface area contributed by atoms with Gasteiger partial charge in [0.1, 0.15) is 10.1 Å². The van der Waals surface area contributed by atoms with Gasteiger partial charge in [0.05, 0.1) is 0 Å². The van der Waals surface area contributed by atoms with E-state index >= 15 is 0 Å². The molecule has 1 N–H and O–H groups in total. The van der Waals surface area contributed by atoms with E-state index in [9.17, 15) is 20.1 Å². The molecule has 1 aliphatic heterocycles. The van der Waals surface area contributed by atoms with Crippen molar-refractivity contribution in [3.05, 3.63) is 15.3 Å². The van der Waals surface area contributed by atoms with Gasteiger partial charge < -0.3 is 10.3 Å². The number of carboxylic acid groups (broad SMARTS) is 1. The first-order valence-corrected chi connectivity index (χ1v) is 2.47. The maximum atomic E-state index is 10.8. The summed E-state index contributed by atoms with van der Waals surface area (Å²) in [5.41, 5.74) is 0. The van der Waals surface area contributed by atoms with Gasteiger partial charge in [-0.25, -0.2) is 14.9 Å².